The van der Waals surface area contributed by atoms with Crippen molar-refractivity contribution >= 4 is 21.8 Å². The molecular formula is C13H13BrN2O3. The maximum absolute atomic E-state index is 11.5. The van der Waals surface area contributed by atoms with Gasteiger partial charge in [-0.1, -0.05) is 22.0 Å². The van der Waals surface area contributed by atoms with Gasteiger partial charge in [-0.05, 0) is 30.7 Å². The van der Waals surface area contributed by atoms with Gasteiger partial charge >= 0.3 is 0 Å². The second kappa shape index (κ2) is 5.90. The molecule has 19 heavy (non-hydrogen) atoms. The Hall–Kier alpha value is -1.79. The normalized spacial score (nSPS) is 10.3. The molecule has 1 aromatic carbocycles. The summed E-state index contributed by atoms with van der Waals surface area (Å²) in [5, 5.41) is 0. The van der Waals surface area contributed by atoms with Crippen LogP contribution in [0.25, 0.3) is 0 Å². The molecular weight excluding hydrogens is 312 g/mol. The highest BCUT2D eigenvalue weighted by molar-refractivity contribution is 9.10. The molecule has 0 bridgehead atoms. The molecule has 0 fully saturated rings. The monoisotopic (exact) mass is 324 g/mol. The lowest BCUT2D eigenvalue weighted by molar-refractivity contribution is 0.0949. The van der Waals surface area contributed by atoms with Gasteiger partial charge in [0.25, 0.3) is 5.91 Å². The molecule has 5 nitrogen and oxygen atoms in total. The van der Waals surface area contributed by atoms with Crippen molar-refractivity contribution in [1.82, 2.24) is 5.43 Å². The number of hydrogen-bond donors (Lipinski definition) is 2. The number of rotatable bonds is 4. The third kappa shape index (κ3) is 3.15. The van der Waals surface area contributed by atoms with E-state index in [9.17, 15) is 4.79 Å². The molecule has 0 aliphatic rings. The van der Waals surface area contributed by atoms with Crippen molar-refractivity contribution in [2.75, 3.05) is 0 Å². The lowest BCUT2D eigenvalue weighted by Gasteiger charge is -2.09. The van der Waals surface area contributed by atoms with Crippen LogP contribution in [0.1, 0.15) is 21.7 Å². The number of nitrogens with one attached hydrogen (secondary N) is 1. The van der Waals surface area contributed by atoms with Gasteiger partial charge in [0.1, 0.15) is 12.4 Å². The highest BCUT2D eigenvalue weighted by Gasteiger charge is 2.14. The number of ether oxygens (including phenoxy) is 1. The minimum Gasteiger partial charge on any atom is -0.485 e. The Bertz CT molecular complexity index is 595. The van der Waals surface area contributed by atoms with Gasteiger partial charge in [-0.15, -0.1) is 0 Å². The van der Waals surface area contributed by atoms with Crippen molar-refractivity contribution in [1.29, 1.82) is 0 Å². The summed E-state index contributed by atoms with van der Waals surface area (Å²) in [4.78, 5) is 11.5. The molecule has 0 spiro atoms. The van der Waals surface area contributed by atoms with Crippen LogP contribution in [0.2, 0.25) is 0 Å². The molecule has 100 valence electrons. The van der Waals surface area contributed by atoms with E-state index in [0.29, 0.717) is 11.3 Å². The molecule has 0 saturated carbocycles. The Balaban J connectivity index is 2.13. The lowest BCUT2D eigenvalue weighted by Crippen LogP contribution is -2.30. The van der Waals surface area contributed by atoms with Crippen molar-refractivity contribution in [3.8, 4) is 5.75 Å². The van der Waals surface area contributed by atoms with Gasteiger partial charge < -0.3 is 9.15 Å². The Morgan fingerprint density at radius 2 is 2.26 bits per heavy atom. The Morgan fingerprint density at radius 1 is 1.47 bits per heavy atom. The second-order valence-electron chi connectivity index (χ2n) is 3.93. The van der Waals surface area contributed by atoms with E-state index < -0.39 is 5.91 Å². The predicted octanol–water partition coefficient (Wildman–Crippen LogP) is 2.53. The number of nitrogen functional groups attached to an aromatic ring is 1. The molecule has 0 radical (unpaired) electrons. The van der Waals surface area contributed by atoms with E-state index in [2.05, 4.69) is 21.4 Å². The van der Waals surface area contributed by atoms with Crippen molar-refractivity contribution < 1.29 is 13.9 Å². The van der Waals surface area contributed by atoms with Gasteiger partial charge in [0, 0.05) is 4.47 Å². The molecule has 0 saturated heterocycles. The smallest absolute Gasteiger partial charge is 0.268 e. The van der Waals surface area contributed by atoms with Gasteiger partial charge in [0.05, 0.1) is 11.8 Å². The number of hydrazine groups is 1. The average molecular weight is 325 g/mol. The molecule has 3 N–H and O–H groups in total. The highest BCUT2D eigenvalue weighted by Crippen LogP contribution is 2.24. The number of hydrogen-bond acceptors (Lipinski definition) is 4. The van der Waals surface area contributed by atoms with E-state index in [1.165, 1.54) is 6.26 Å². The Labute approximate surface area is 118 Å². The van der Waals surface area contributed by atoms with Gasteiger partial charge in [0.15, 0.2) is 5.76 Å². The van der Waals surface area contributed by atoms with E-state index in [1.807, 2.05) is 25.1 Å². The van der Waals surface area contributed by atoms with Crippen LogP contribution in [0.15, 0.2) is 39.4 Å². The summed E-state index contributed by atoms with van der Waals surface area (Å²) in [5.74, 6) is 5.85. The maximum atomic E-state index is 11.5. The summed E-state index contributed by atoms with van der Waals surface area (Å²) >= 11 is 3.38. The van der Waals surface area contributed by atoms with E-state index in [-0.39, 0.29) is 6.61 Å². The zero-order valence-electron chi connectivity index (χ0n) is 10.3. The van der Waals surface area contributed by atoms with Crippen LogP contribution >= 0.6 is 15.9 Å². The largest absolute Gasteiger partial charge is 0.485 e. The fraction of sp³-hybridized carbons (Fsp3) is 0.154. The number of furan rings is 1. The maximum Gasteiger partial charge on any atom is 0.268 e. The summed E-state index contributed by atoms with van der Waals surface area (Å²) in [7, 11) is 0. The van der Waals surface area contributed by atoms with Crippen LogP contribution in [-0.4, -0.2) is 5.91 Å². The van der Waals surface area contributed by atoms with Gasteiger partial charge in [-0.2, -0.15) is 0 Å². The molecule has 2 aromatic rings. The zero-order chi connectivity index (χ0) is 13.8. The van der Waals surface area contributed by atoms with E-state index >= 15 is 0 Å². The van der Waals surface area contributed by atoms with Crippen molar-refractivity contribution in [3.05, 3.63) is 51.9 Å². The van der Waals surface area contributed by atoms with Crippen LogP contribution in [0.5, 0.6) is 5.75 Å². The number of carbonyl (C=O) groups is 1. The molecule has 1 amide bonds. The van der Waals surface area contributed by atoms with E-state index in [0.717, 1.165) is 15.8 Å². The summed E-state index contributed by atoms with van der Waals surface area (Å²) in [6.45, 7) is 2.10. The van der Waals surface area contributed by atoms with Gasteiger partial charge in [-0.3, -0.25) is 10.2 Å². The third-order valence-electron chi connectivity index (χ3n) is 2.63. The molecule has 1 aromatic heterocycles. The third-order valence-corrected chi connectivity index (χ3v) is 3.12. The minimum atomic E-state index is -0.404. The fourth-order valence-electron chi connectivity index (χ4n) is 1.61. The number of halogens is 1. The molecule has 2 rings (SSSR count). The first-order valence-corrected chi connectivity index (χ1v) is 6.37. The first kappa shape index (κ1) is 13.6. The summed E-state index contributed by atoms with van der Waals surface area (Å²) in [6, 6.07) is 7.28. The number of aryl methyl sites for hydroxylation is 1. The van der Waals surface area contributed by atoms with Gasteiger partial charge in [-0.25, -0.2) is 5.84 Å². The van der Waals surface area contributed by atoms with Gasteiger partial charge in [0.2, 0.25) is 0 Å². The molecule has 0 aliphatic heterocycles. The fourth-order valence-corrected chi connectivity index (χ4v) is 1.95. The van der Waals surface area contributed by atoms with Crippen molar-refractivity contribution in [3.63, 3.8) is 0 Å². The molecule has 0 unspecified atom stereocenters. The first-order chi connectivity index (χ1) is 9.11. The number of amides is 1. The van der Waals surface area contributed by atoms with Crippen molar-refractivity contribution in [2.45, 2.75) is 13.5 Å². The Kier molecular flexibility index (Phi) is 4.24. The summed E-state index contributed by atoms with van der Waals surface area (Å²) in [6.07, 6.45) is 1.43. The van der Waals surface area contributed by atoms with Crippen LogP contribution in [0, 0.1) is 6.92 Å². The molecule has 1 heterocycles. The highest BCUT2D eigenvalue weighted by atomic mass is 79.9. The van der Waals surface area contributed by atoms with Crippen molar-refractivity contribution in [2.24, 2.45) is 5.84 Å². The quantitative estimate of drug-likeness (QED) is 0.514. The predicted molar refractivity (Wildman–Crippen MR) is 73.6 cm³/mol. The molecule has 0 aliphatic carbocycles. The SMILES string of the molecule is Cc1ccc(Br)cc1OCc1occc1C(=O)NN. The summed E-state index contributed by atoms with van der Waals surface area (Å²) in [5.41, 5.74) is 3.43. The van der Waals surface area contributed by atoms with Crippen LogP contribution in [0.3, 0.4) is 0 Å². The topological polar surface area (TPSA) is 77.5 Å². The zero-order valence-corrected chi connectivity index (χ0v) is 11.9. The standard InChI is InChI=1S/C13H13BrN2O3/c1-8-2-3-9(14)6-11(8)19-7-12-10(4-5-18-12)13(17)16-15/h2-6H,7,15H2,1H3,(H,16,17). The van der Waals surface area contributed by atoms with Crippen LogP contribution in [0.4, 0.5) is 0 Å². The summed E-state index contributed by atoms with van der Waals surface area (Å²) < 4.78 is 11.8. The van der Waals surface area contributed by atoms with E-state index in [4.69, 9.17) is 15.0 Å². The minimum absolute atomic E-state index is 0.160. The van der Waals surface area contributed by atoms with Crippen LogP contribution in [-0.2, 0) is 6.61 Å². The Morgan fingerprint density at radius 3 is 3.00 bits per heavy atom. The number of carbonyl (C=O) groups excluding carboxylic acids is 1. The average Bonchev–Trinajstić information content (AvgIpc) is 2.87. The number of nitrogens with two attached hydrogens (primary N) is 1. The second-order valence-corrected chi connectivity index (χ2v) is 4.85. The van der Waals surface area contributed by atoms with Crippen LogP contribution < -0.4 is 16.0 Å². The first-order valence-electron chi connectivity index (χ1n) is 5.58. The van der Waals surface area contributed by atoms with E-state index in [1.54, 1.807) is 6.07 Å². The lowest BCUT2D eigenvalue weighted by atomic mass is 10.2. The molecule has 0 atom stereocenters. The molecule has 6 heteroatoms. The number of benzene rings is 1.